The fraction of sp³-hybridized carbons (Fsp3) is 0.435. The topological polar surface area (TPSA) is 115 Å². The van der Waals surface area contributed by atoms with E-state index in [0.717, 1.165) is 5.69 Å². The Labute approximate surface area is 192 Å². The lowest BCUT2D eigenvalue weighted by Gasteiger charge is -2.31. The summed E-state index contributed by atoms with van der Waals surface area (Å²) in [5.41, 5.74) is 1.63. The van der Waals surface area contributed by atoms with Gasteiger partial charge in [-0.2, -0.15) is 4.31 Å². The van der Waals surface area contributed by atoms with Gasteiger partial charge in [0.25, 0.3) is 0 Å². The number of sulfonamides is 1. The molecule has 1 N–H and O–H groups in total. The molecular weight excluding hydrogens is 444 g/mol. The van der Waals surface area contributed by atoms with Gasteiger partial charge in [-0.1, -0.05) is 6.07 Å². The van der Waals surface area contributed by atoms with Crippen LogP contribution in [0.4, 0.5) is 0 Å². The van der Waals surface area contributed by atoms with Crippen LogP contribution >= 0.6 is 0 Å². The zero-order valence-electron chi connectivity index (χ0n) is 18.7. The van der Waals surface area contributed by atoms with Gasteiger partial charge in [0, 0.05) is 37.8 Å². The number of nitrogens with one attached hydrogen (secondary N) is 1. The zero-order valence-corrected chi connectivity index (χ0v) is 19.5. The molecule has 1 saturated heterocycles. The molecule has 1 amide bonds. The number of nitrogens with zero attached hydrogens (tertiary/aromatic N) is 3. The molecule has 1 aliphatic heterocycles. The van der Waals surface area contributed by atoms with Gasteiger partial charge in [-0.05, 0) is 56.9 Å². The summed E-state index contributed by atoms with van der Waals surface area (Å²) in [4.78, 5) is 28.7. The average Bonchev–Trinajstić information content (AvgIpc) is 3.14. The Bertz CT molecular complexity index is 1290. The van der Waals surface area contributed by atoms with Crippen molar-refractivity contribution >= 4 is 27.0 Å². The Balaban J connectivity index is 1.37. The predicted molar refractivity (Wildman–Crippen MR) is 123 cm³/mol. The van der Waals surface area contributed by atoms with Crippen molar-refractivity contribution in [3.05, 3.63) is 58.8 Å². The summed E-state index contributed by atoms with van der Waals surface area (Å²) in [6, 6.07) is 10.0. The largest absolute Gasteiger partial charge is 0.420 e. The quantitative estimate of drug-likeness (QED) is 0.565. The maximum Gasteiger partial charge on any atom is 0.420 e. The third-order valence-corrected chi connectivity index (χ3v) is 7.87. The summed E-state index contributed by atoms with van der Waals surface area (Å²) in [6.45, 7) is 4.79. The van der Waals surface area contributed by atoms with Crippen LogP contribution in [0.2, 0.25) is 0 Å². The van der Waals surface area contributed by atoms with Gasteiger partial charge >= 0.3 is 5.76 Å². The highest BCUT2D eigenvalue weighted by Gasteiger charge is 2.31. The van der Waals surface area contributed by atoms with Crippen molar-refractivity contribution in [3.63, 3.8) is 0 Å². The van der Waals surface area contributed by atoms with Gasteiger partial charge in [0.15, 0.2) is 5.58 Å². The molecule has 1 aromatic carbocycles. The highest BCUT2D eigenvalue weighted by molar-refractivity contribution is 7.89. The molecule has 33 heavy (non-hydrogen) atoms. The van der Waals surface area contributed by atoms with E-state index in [2.05, 4.69) is 10.3 Å². The van der Waals surface area contributed by atoms with Crippen LogP contribution in [0.25, 0.3) is 11.1 Å². The van der Waals surface area contributed by atoms with Crippen LogP contribution in [0.1, 0.15) is 44.8 Å². The second kappa shape index (κ2) is 9.48. The molecule has 10 heteroatoms. The molecule has 1 fully saturated rings. The van der Waals surface area contributed by atoms with Gasteiger partial charge in [-0.3, -0.25) is 14.3 Å². The molecule has 0 atom stereocenters. The van der Waals surface area contributed by atoms with Crippen molar-refractivity contribution in [2.45, 2.75) is 50.6 Å². The third kappa shape index (κ3) is 5.01. The second-order valence-corrected chi connectivity index (χ2v) is 10.5. The van der Waals surface area contributed by atoms with Crippen LogP contribution in [0.15, 0.2) is 56.7 Å². The molecule has 1 aliphatic rings. The summed E-state index contributed by atoms with van der Waals surface area (Å²) in [5, 5.41) is 2.87. The van der Waals surface area contributed by atoms with E-state index in [1.165, 1.54) is 21.0 Å². The number of fused-ring (bicyclic) bond motifs is 1. The van der Waals surface area contributed by atoms with E-state index in [9.17, 15) is 18.0 Å². The first-order valence-electron chi connectivity index (χ1n) is 11.1. The number of carbonyl (C=O) groups is 1. The van der Waals surface area contributed by atoms with Crippen LogP contribution < -0.4 is 11.1 Å². The first kappa shape index (κ1) is 23.2. The van der Waals surface area contributed by atoms with Crippen LogP contribution in [-0.2, 0) is 21.4 Å². The first-order chi connectivity index (χ1) is 15.8. The Morgan fingerprint density at radius 3 is 2.64 bits per heavy atom. The Morgan fingerprint density at radius 1 is 1.21 bits per heavy atom. The minimum absolute atomic E-state index is 0.0582. The van der Waals surface area contributed by atoms with E-state index in [4.69, 9.17) is 4.42 Å². The predicted octanol–water partition coefficient (Wildman–Crippen LogP) is 2.68. The molecule has 0 aliphatic carbocycles. The lowest BCUT2D eigenvalue weighted by atomic mass is 9.94. The number of rotatable bonds is 7. The maximum absolute atomic E-state index is 13.2. The smallest absolute Gasteiger partial charge is 0.408 e. The van der Waals surface area contributed by atoms with Crippen LogP contribution in [0, 0.1) is 5.92 Å². The molecule has 0 radical (unpaired) electrons. The molecule has 9 nitrogen and oxygen atoms in total. The Kier molecular flexibility index (Phi) is 6.66. The molecular formula is C23H28N4O5S. The lowest BCUT2D eigenvalue weighted by Crippen LogP contribution is -2.39. The van der Waals surface area contributed by atoms with E-state index in [0.29, 0.717) is 44.4 Å². The molecule has 4 rings (SSSR count). The Morgan fingerprint density at radius 2 is 1.97 bits per heavy atom. The van der Waals surface area contributed by atoms with Crippen molar-refractivity contribution in [3.8, 4) is 0 Å². The normalized spacial score (nSPS) is 15.8. The maximum atomic E-state index is 13.2. The van der Waals surface area contributed by atoms with Crippen molar-refractivity contribution in [1.29, 1.82) is 0 Å². The van der Waals surface area contributed by atoms with Crippen LogP contribution in [0.5, 0.6) is 0 Å². The number of piperidine rings is 1. The minimum atomic E-state index is -3.72. The van der Waals surface area contributed by atoms with E-state index >= 15 is 0 Å². The number of benzene rings is 1. The van der Waals surface area contributed by atoms with Gasteiger partial charge in [0.2, 0.25) is 15.9 Å². The number of amides is 1. The zero-order chi connectivity index (χ0) is 23.6. The number of oxazole rings is 1. The molecule has 0 spiro atoms. The number of hydrogen-bond donors (Lipinski definition) is 1. The number of aromatic nitrogens is 2. The molecule has 3 aromatic rings. The fourth-order valence-corrected chi connectivity index (χ4v) is 5.68. The summed E-state index contributed by atoms with van der Waals surface area (Å²) in [7, 11) is -3.72. The third-order valence-electron chi connectivity index (χ3n) is 5.98. The van der Waals surface area contributed by atoms with Crippen molar-refractivity contribution < 1.29 is 17.6 Å². The lowest BCUT2D eigenvalue weighted by molar-refractivity contribution is -0.122. The van der Waals surface area contributed by atoms with Gasteiger partial charge in [-0.25, -0.2) is 13.2 Å². The van der Waals surface area contributed by atoms with E-state index < -0.39 is 15.8 Å². The van der Waals surface area contributed by atoms with E-state index in [1.54, 1.807) is 12.3 Å². The molecule has 0 saturated carbocycles. The highest BCUT2D eigenvalue weighted by atomic mass is 32.2. The van der Waals surface area contributed by atoms with Gasteiger partial charge < -0.3 is 9.73 Å². The van der Waals surface area contributed by atoms with Gasteiger partial charge in [-0.15, -0.1) is 0 Å². The molecule has 3 heterocycles. The summed E-state index contributed by atoms with van der Waals surface area (Å²) in [5.74, 6) is -0.436. The summed E-state index contributed by atoms with van der Waals surface area (Å²) in [6.07, 6.45) is 3.26. The van der Waals surface area contributed by atoms with Crippen molar-refractivity contribution in [1.82, 2.24) is 19.2 Å². The monoisotopic (exact) mass is 472 g/mol. The second-order valence-electron chi connectivity index (χ2n) is 8.61. The standard InChI is InChI=1S/C23H28N4O5S/c1-16(2)27-20-7-6-19(14-21(20)32-23(27)29)33(30,31)26-11-8-17(9-12-26)13-22(28)25-15-18-5-3-4-10-24-18/h3-7,10,14,16-17H,8-9,11-13,15H2,1-2H3,(H,25,28). The molecule has 176 valence electrons. The van der Waals surface area contributed by atoms with E-state index in [1.807, 2.05) is 32.0 Å². The molecule has 2 aromatic heterocycles. The number of carbonyl (C=O) groups excluding carboxylic acids is 1. The van der Waals surface area contributed by atoms with Crippen molar-refractivity contribution in [2.75, 3.05) is 13.1 Å². The molecule has 0 unspecified atom stereocenters. The van der Waals surface area contributed by atoms with Crippen LogP contribution in [0.3, 0.4) is 0 Å². The van der Waals surface area contributed by atoms with Crippen molar-refractivity contribution in [2.24, 2.45) is 5.92 Å². The minimum Gasteiger partial charge on any atom is -0.408 e. The average molecular weight is 473 g/mol. The fourth-order valence-electron chi connectivity index (χ4n) is 4.20. The SMILES string of the molecule is CC(C)n1c(=O)oc2cc(S(=O)(=O)N3CCC(CC(=O)NCc4ccccn4)CC3)ccc21. The number of hydrogen-bond acceptors (Lipinski definition) is 6. The van der Waals surface area contributed by atoms with E-state index in [-0.39, 0.29) is 28.3 Å². The summed E-state index contributed by atoms with van der Waals surface area (Å²) >= 11 is 0. The Hall–Kier alpha value is -2.98. The summed E-state index contributed by atoms with van der Waals surface area (Å²) < 4.78 is 34.5. The first-order valence-corrected chi connectivity index (χ1v) is 12.5. The number of pyridine rings is 1. The molecule has 0 bridgehead atoms. The van der Waals surface area contributed by atoms with Gasteiger partial charge in [0.1, 0.15) is 0 Å². The van der Waals surface area contributed by atoms with Gasteiger partial charge in [0.05, 0.1) is 22.7 Å². The highest BCUT2D eigenvalue weighted by Crippen LogP contribution is 2.28. The van der Waals surface area contributed by atoms with Crippen LogP contribution in [-0.4, -0.2) is 41.3 Å².